The van der Waals surface area contributed by atoms with Gasteiger partial charge < -0.3 is 5.32 Å². The predicted molar refractivity (Wildman–Crippen MR) is 50.4 cm³/mol. The normalized spacial score (nSPS) is 19.8. The molecule has 6 heteroatoms. The lowest BCUT2D eigenvalue weighted by Crippen LogP contribution is -2.26. The van der Waals surface area contributed by atoms with Gasteiger partial charge in [-0.2, -0.15) is 0 Å². The molecule has 0 aliphatic carbocycles. The Morgan fingerprint density at radius 1 is 1.38 bits per heavy atom. The second-order valence-corrected chi connectivity index (χ2v) is 3.43. The second kappa shape index (κ2) is 3.88. The summed E-state index contributed by atoms with van der Waals surface area (Å²) in [7, 11) is 0. The highest BCUT2D eigenvalue weighted by Crippen LogP contribution is 2.21. The van der Waals surface area contributed by atoms with E-state index in [0.717, 1.165) is 17.0 Å². The number of rotatable bonds is 2. The molecular weight excluding hydrogens is 218 g/mol. The van der Waals surface area contributed by atoms with Crippen molar-refractivity contribution >= 4 is 12.4 Å². The van der Waals surface area contributed by atoms with Crippen LogP contribution in [0.1, 0.15) is 11.6 Å². The Labute approximate surface area is 89.8 Å². The molecule has 0 aromatic heterocycles. The summed E-state index contributed by atoms with van der Waals surface area (Å²) >= 11 is 0. The van der Waals surface area contributed by atoms with E-state index in [9.17, 15) is 18.4 Å². The van der Waals surface area contributed by atoms with E-state index < -0.39 is 23.7 Å². The third-order valence-electron chi connectivity index (χ3n) is 2.41. The summed E-state index contributed by atoms with van der Waals surface area (Å²) in [6.07, 6.45) is 0.398. The number of nitrogens with one attached hydrogen (secondary N) is 1. The minimum absolute atomic E-state index is 0.118. The molecule has 1 N–H and O–H groups in total. The van der Waals surface area contributed by atoms with Crippen LogP contribution < -0.4 is 5.32 Å². The van der Waals surface area contributed by atoms with Crippen LogP contribution >= 0.6 is 0 Å². The van der Waals surface area contributed by atoms with Gasteiger partial charge in [0.25, 0.3) is 0 Å². The monoisotopic (exact) mass is 226 g/mol. The zero-order chi connectivity index (χ0) is 11.7. The number of hydrogen-bond acceptors (Lipinski definition) is 2. The molecule has 0 spiro atoms. The van der Waals surface area contributed by atoms with Gasteiger partial charge in [0.05, 0.1) is 12.6 Å². The largest absolute Gasteiger partial charge is 0.329 e. The van der Waals surface area contributed by atoms with Gasteiger partial charge in [-0.25, -0.2) is 13.6 Å². The SMILES string of the molecule is O=CN1CC(c2ccc(F)c(F)c2)NC1=O. The molecule has 0 saturated carbocycles. The number of carbonyl (C=O) groups excluding carboxylic acids is 2. The highest BCUT2D eigenvalue weighted by Gasteiger charge is 2.29. The van der Waals surface area contributed by atoms with Crippen LogP contribution in [-0.4, -0.2) is 23.9 Å². The van der Waals surface area contributed by atoms with E-state index in [1.165, 1.54) is 6.07 Å². The van der Waals surface area contributed by atoms with Gasteiger partial charge in [-0.1, -0.05) is 6.07 Å². The van der Waals surface area contributed by atoms with E-state index in [2.05, 4.69) is 5.32 Å². The van der Waals surface area contributed by atoms with Crippen molar-refractivity contribution < 1.29 is 18.4 Å². The third kappa shape index (κ3) is 1.73. The van der Waals surface area contributed by atoms with Gasteiger partial charge in [0.1, 0.15) is 0 Å². The zero-order valence-electron chi connectivity index (χ0n) is 8.11. The van der Waals surface area contributed by atoms with Crippen molar-refractivity contribution in [1.29, 1.82) is 0 Å². The fourth-order valence-corrected chi connectivity index (χ4v) is 1.57. The molecule has 1 saturated heterocycles. The van der Waals surface area contributed by atoms with E-state index in [0.29, 0.717) is 12.0 Å². The van der Waals surface area contributed by atoms with Crippen LogP contribution in [0.4, 0.5) is 13.6 Å². The summed E-state index contributed by atoms with van der Waals surface area (Å²) in [4.78, 5) is 22.5. The molecule has 0 bridgehead atoms. The number of nitrogens with zero attached hydrogens (tertiary/aromatic N) is 1. The number of urea groups is 1. The van der Waals surface area contributed by atoms with Crippen molar-refractivity contribution in [2.45, 2.75) is 6.04 Å². The van der Waals surface area contributed by atoms with Crippen LogP contribution in [0.2, 0.25) is 0 Å². The molecule has 1 unspecified atom stereocenters. The summed E-state index contributed by atoms with van der Waals surface area (Å²) in [5.74, 6) is -1.92. The minimum Gasteiger partial charge on any atom is -0.329 e. The van der Waals surface area contributed by atoms with Crippen molar-refractivity contribution in [3.8, 4) is 0 Å². The number of amides is 3. The Morgan fingerprint density at radius 2 is 2.12 bits per heavy atom. The van der Waals surface area contributed by atoms with Crippen LogP contribution in [0.15, 0.2) is 18.2 Å². The fourth-order valence-electron chi connectivity index (χ4n) is 1.57. The smallest absolute Gasteiger partial charge is 0.324 e. The first kappa shape index (κ1) is 10.5. The number of carbonyl (C=O) groups is 2. The van der Waals surface area contributed by atoms with Crippen molar-refractivity contribution in [2.75, 3.05) is 6.54 Å². The lowest BCUT2D eigenvalue weighted by atomic mass is 10.1. The molecule has 1 aromatic carbocycles. The highest BCUT2D eigenvalue weighted by atomic mass is 19.2. The second-order valence-electron chi connectivity index (χ2n) is 3.43. The minimum atomic E-state index is -0.976. The number of halogens is 2. The maximum atomic E-state index is 12.9. The van der Waals surface area contributed by atoms with E-state index in [1.54, 1.807) is 0 Å². The lowest BCUT2D eigenvalue weighted by Gasteiger charge is -2.09. The summed E-state index contributed by atoms with van der Waals surface area (Å²) < 4.78 is 25.6. The molecule has 4 nitrogen and oxygen atoms in total. The Balaban J connectivity index is 2.23. The van der Waals surface area contributed by atoms with Gasteiger partial charge in [0.2, 0.25) is 6.41 Å². The molecule has 16 heavy (non-hydrogen) atoms. The van der Waals surface area contributed by atoms with E-state index >= 15 is 0 Å². The van der Waals surface area contributed by atoms with Gasteiger partial charge in [-0.3, -0.25) is 9.69 Å². The molecule has 84 valence electrons. The Hall–Kier alpha value is -1.98. The molecule has 3 amide bonds. The van der Waals surface area contributed by atoms with Crippen LogP contribution in [-0.2, 0) is 4.79 Å². The summed E-state index contributed by atoms with van der Waals surface area (Å²) in [5, 5.41) is 2.48. The molecule has 2 rings (SSSR count). The quantitative estimate of drug-likeness (QED) is 0.770. The summed E-state index contributed by atoms with van der Waals surface area (Å²) in [6.45, 7) is 0.118. The number of hydrogen-bond donors (Lipinski definition) is 1. The number of imide groups is 1. The summed E-state index contributed by atoms with van der Waals surface area (Å²) in [6, 6.07) is 2.34. The van der Waals surface area contributed by atoms with E-state index in [1.807, 2.05) is 0 Å². The lowest BCUT2D eigenvalue weighted by molar-refractivity contribution is -0.115. The molecule has 1 atom stereocenters. The first-order valence-corrected chi connectivity index (χ1v) is 4.59. The molecular formula is C10H8F2N2O2. The molecule has 1 heterocycles. The first-order valence-electron chi connectivity index (χ1n) is 4.59. The van der Waals surface area contributed by atoms with Gasteiger partial charge in [0.15, 0.2) is 11.6 Å². The maximum Gasteiger partial charge on any atom is 0.324 e. The van der Waals surface area contributed by atoms with Crippen molar-refractivity contribution in [3.05, 3.63) is 35.4 Å². The average molecular weight is 226 g/mol. The zero-order valence-corrected chi connectivity index (χ0v) is 8.11. The van der Waals surface area contributed by atoms with Crippen molar-refractivity contribution in [3.63, 3.8) is 0 Å². The van der Waals surface area contributed by atoms with Crippen LogP contribution in [0.5, 0.6) is 0 Å². The predicted octanol–water partition coefficient (Wildman–Crippen LogP) is 1.19. The highest BCUT2D eigenvalue weighted by molar-refractivity contribution is 5.87. The molecule has 1 aliphatic heterocycles. The standard InChI is InChI=1S/C10H8F2N2O2/c11-7-2-1-6(3-8(7)12)9-4-14(5-15)10(16)13-9/h1-3,5,9H,4H2,(H,13,16). The van der Waals surface area contributed by atoms with Gasteiger partial charge >= 0.3 is 6.03 Å². The molecule has 1 aliphatic rings. The van der Waals surface area contributed by atoms with Gasteiger partial charge in [-0.15, -0.1) is 0 Å². The van der Waals surface area contributed by atoms with E-state index in [4.69, 9.17) is 0 Å². The van der Waals surface area contributed by atoms with Crippen LogP contribution in [0.3, 0.4) is 0 Å². The number of benzene rings is 1. The Kier molecular flexibility index (Phi) is 2.55. The molecule has 0 radical (unpaired) electrons. The van der Waals surface area contributed by atoms with Crippen LogP contribution in [0, 0.1) is 11.6 Å². The molecule has 1 fully saturated rings. The van der Waals surface area contributed by atoms with Crippen molar-refractivity contribution in [1.82, 2.24) is 10.2 Å². The van der Waals surface area contributed by atoms with Gasteiger partial charge in [-0.05, 0) is 17.7 Å². The summed E-state index contributed by atoms with van der Waals surface area (Å²) in [5.41, 5.74) is 0.427. The van der Waals surface area contributed by atoms with Gasteiger partial charge in [0, 0.05) is 0 Å². The first-order chi connectivity index (χ1) is 7.61. The molecule has 1 aromatic rings. The Bertz CT molecular complexity index is 450. The Morgan fingerprint density at radius 3 is 2.69 bits per heavy atom. The third-order valence-corrected chi connectivity index (χ3v) is 2.41. The van der Waals surface area contributed by atoms with E-state index in [-0.39, 0.29) is 6.54 Å². The maximum absolute atomic E-state index is 12.9. The fraction of sp³-hybridized carbons (Fsp3) is 0.200. The topological polar surface area (TPSA) is 49.4 Å². The average Bonchev–Trinajstić information content (AvgIpc) is 2.64. The van der Waals surface area contributed by atoms with Crippen LogP contribution in [0.25, 0.3) is 0 Å². The van der Waals surface area contributed by atoms with Crippen molar-refractivity contribution in [2.24, 2.45) is 0 Å².